The van der Waals surface area contributed by atoms with E-state index < -0.39 is 17.9 Å². The number of hydrogen-bond acceptors (Lipinski definition) is 4. The molecule has 6 nitrogen and oxygen atoms in total. The van der Waals surface area contributed by atoms with Crippen molar-refractivity contribution in [1.29, 1.82) is 5.26 Å². The SMILES string of the molecule is N#Cc1ccc(/C=C/C(=O)NC(CC(=O)O)c2ccc(-c3ccccn3)cc2)cc1. The van der Waals surface area contributed by atoms with E-state index in [-0.39, 0.29) is 6.42 Å². The van der Waals surface area contributed by atoms with Crippen LogP contribution >= 0.6 is 0 Å². The van der Waals surface area contributed by atoms with E-state index in [0.29, 0.717) is 11.1 Å². The van der Waals surface area contributed by atoms with Gasteiger partial charge < -0.3 is 10.4 Å². The number of pyridine rings is 1. The van der Waals surface area contributed by atoms with Gasteiger partial charge in [0.1, 0.15) is 0 Å². The summed E-state index contributed by atoms with van der Waals surface area (Å²) in [6.07, 6.45) is 4.42. The maximum Gasteiger partial charge on any atom is 0.305 e. The minimum absolute atomic E-state index is 0.237. The molecule has 0 aliphatic heterocycles. The molecule has 0 saturated heterocycles. The monoisotopic (exact) mass is 397 g/mol. The maximum atomic E-state index is 12.3. The van der Waals surface area contributed by atoms with Gasteiger partial charge in [-0.1, -0.05) is 42.5 Å². The zero-order valence-corrected chi connectivity index (χ0v) is 16.0. The number of nitriles is 1. The number of nitrogens with one attached hydrogen (secondary N) is 1. The van der Waals surface area contributed by atoms with Crippen molar-refractivity contribution in [3.8, 4) is 17.3 Å². The number of carboxylic acid groups (broad SMARTS) is 1. The van der Waals surface area contributed by atoms with Gasteiger partial charge in [-0.2, -0.15) is 5.26 Å². The fourth-order valence-electron chi connectivity index (χ4n) is 2.91. The van der Waals surface area contributed by atoms with Gasteiger partial charge in [0.05, 0.1) is 29.8 Å². The number of aliphatic carboxylic acids is 1. The van der Waals surface area contributed by atoms with E-state index in [1.165, 1.54) is 6.08 Å². The largest absolute Gasteiger partial charge is 0.481 e. The van der Waals surface area contributed by atoms with Gasteiger partial charge in [-0.25, -0.2) is 0 Å². The lowest BCUT2D eigenvalue weighted by Crippen LogP contribution is -2.28. The van der Waals surface area contributed by atoms with Crippen molar-refractivity contribution in [2.45, 2.75) is 12.5 Å². The summed E-state index contributed by atoms with van der Waals surface area (Å²) >= 11 is 0. The van der Waals surface area contributed by atoms with Crippen molar-refractivity contribution in [3.63, 3.8) is 0 Å². The first-order chi connectivity index (χ1) is 14.5. The van der Waals surface area contributed by atoms with Crippen molar-refractivity contribution in [2.75, 3.05) is 0 Å². The normalized spacial score (nSPS) is 11.6. The predicted octanol–water partition coefficient (Wildman–Crippen LogP) is 3.97. The zero-order chi connectivity index (χ0) is 21.3. The number of hydrogen-bond donors (Lipinski definition) is 2. The molecular formula is C24H19N3O3. The molecule has 0 bridgehead atoms. The Balaban J connectivity index is 1.72. The smallest absolute Gasteiger partial charge is 0.305 e. The summed E-state index contributed by atoms with van der Waals surface area (Å²) in [4.78, 5) is 27.9. The third kappa shape index (κ3) is 5.63. The molecule has 1 aromatic heterocycles. The van der Waals surface area contributed by atoms with Crippen molar-refractivity contribution in [1.82, 2.24) is 10.3 Å². The molecule has 1 unspecified atom stereocenters. The Labute approximate surface area is 174 Å². The molecule has 1 heterocycles. The molecule has 0 aliphatic carbocycles. The topological polar surface area (TPSA) is 103 Å². The molecule has 6 heteroatoms. The van der Waals surface area contributed by atoms with Crippen LogP contribution in [0.5, 0.6) is 0 Å². The number of carbonyl (C=O) groups excluding carboxylic acids is 1. The van der Waals surface area contributed by atoms with Gasteiger partial charge >= 0.3 is 5.97 Å². The lowest BCUT2D eigenvalue weighted by atomic mass is 10.0. The summed E-state index contributed by atoms with van der Waals surface area (Å²) in [7, 11) is 0. The molecule has 0 fully saturated rings. The van der Waals surface area contributed by atoms with Crippen LogP contribution in [-0.2, 0) is 9.59 Å². The third-order valence-corrected chi connectivity index (χ3v) is 4.44. The van der Waals surface area contributed by atoms with E-state index in [4.69, 9.17) is 5.26 Å². The van der Waals surface area contributed by atoms with E-state index >= 15 is 0 Å². The van der Waals surface area contributed by atoms with Gasteiger partial charge in [0.15, 0.2) is 0 Å². The number of nitrogens with zero attached hydrogens (tertiary/aromatic N) is 2. The lowest BCUT2D eigenvalue weighted by Gasteiger charge is -2.17. The second-order valence-electron chi connectivity index (χ2n) is 6.56. The van der Waals surface area contributed by atoms with Gasteiger partial charge in [0, 0.05) is 17.8 Å². The Bertz CT molecular complexity index is 1080. The Morgan fingerprint density at radius 1 is 1.07 bits per heavy atom. The molecule has 0 saturated carbocycles. The van der Waals surface area contributed by atoms with E-state index in [0.717, 1.165) is 16.8 Å². The standard InChI is InChI=1S/C24H19N3O3/c25-16-18-6-4-17(5-7-18)8-13-23(28)27-22(15-24(29)30)20-11-9-19(10-12-20)21-3-1-2-14-26-21/h1-14,22H,15H2,(H,27,28)(H,29,30)/b13-8+. The summed E-state index contributed by atoms with van der Waals surface area (Å²) < 4.78 is 0. The first-order valence-corrected chi connectivity index (χ1v) is 9.27. The van der Waals surface area contributed by atoms with Crippen LogP contribution in [0.25, 0.3) is 17.3 Å². The van der Waals surface area contributed by atoms with Crippen LogP contribution < -0.4 is 5.32 Å². The van der Waals surface area contributed by atoms with Gasteiger partial charge in [-0.3, -0.25) is 14.6 Å². The van der Waals surface area contributed by atoms with Gasteiger partial charge in [0.2, 0.25) is 5.91 Å². The van der Waals surface area contributed by atoms with Crippen LogP contribution in [0.3, 0.4) is 0 Å². The van der Waals surface area contributed by atoms with Crippen LogP contribution in [0, 0.1) is 11.3 Å². The van der Waals surface area contributed by atoms with Crippen molar-refractivity contribution in [2.24, 2.45) is 0 Å². The minimum atomic E-state index is -1.01. The second kappa shape index (κ2) is 9.80. The number of carbonyl (C=O) groups is 2. The lowest BCUT2D eigenvalue weighted by molar-refractivity contribution is -0.137. The molecule has 3 aromatic rings. The third-order valence-electron chi connectivity index (χ3n) is 4.44. The van der Waals surface area contributed by atoms with Gasteiger partial charge in [0.25, 0.3) is 0 Å². The fourth-order valence-corrected chi connectivity index (χ4v) is 2.91. The van der Waals surface area contributed by atoms with Crippen LogP contribution in [0.15, 0.2) is 79.0 Å². The summed E-state index contributed by atoms with van der Waals surface area (Å²) in [5, 5.41) is 20.8. The number of carboxylic acids is 1. The van der Waals surface area contributed by atoms with E-state index in [1.54, 1.807) is 48.7 Å². The highest BCUT2D eigenvalue weighted by Gasteiger charge is 2.17. The first-order valence-electron chi connectivity index (χ1n) is 9.27. The molecule has 148 valence electrons. The number of rotatable bonds is 7. The molecule has 1 amide bonds. The van der Waals surface area contributed by atoms with Crippen LogP contribution in [0.4, 0.5) is 0 Å². The van der Waals surface area contributed by atoms with Crippen LogP contribution in [-0.4, -0.2) is 22.0 Å². The zero-order valence-electron chi connectivity index (χ0n) is 16.0. The van der Waals surface area contributed by atoms with E-state index in [1.807, 2.05) is 36.4 Å². The molecule has 0 aliphatic rings. The van der Waals surface area contributed by atoms with Crippen molar-refractivity contribution in [3.05, 3.63) is 95.7 Å². The molecule has 3 rings (SSSR count). The molecule has 0 spiro atoms. The Kier molecular flexibility index (Phi) is 6.70. The fraction of sp³-hybridized carbons (Fsp3) is 0.0833. The minimum Gasteiger partial charge on any atom is -0.481 e. The summed E-state index contributed by atoms with van der Waals surface area (Å²) in [5.41, 5.74) is 3.71. The molecular weight excluding hydrogens is 378 g/mol. The Hall–Kier alpha value is -4.24. The molecule has 0 radical (unpaired) electrons. The van der Waals surface area contributed by atoms with Gasteiger partial charge in [-0.15, -0.1) is 0 Å². The number of amides is 1. The highest BCUT2D eigenvalue weighted by atomic mass is 16.4. The molecule has 2 N–H and O–H groups in total. The van der Waals surface area contributed by atoms with E-state index in [9.17, 15) is 14.7 Å². The van der Waals surface area contributed by atoms with Crippen molar-refractivity contribution >= 4 is 18.0 Å². The average molecular weight is 397 g/mol. The Morgan fingerprint density at radius 3 is 2.40 bits per heavy atom. The number of benzene rings is 2. The molecule has 1 atom stereocenters. The summed E-state index contributed by atoms with van der Waals surface area (Å²) in [6.45, 7) is 0. The quantitative estimate of drug-likeness (QED) is 0.587. The first kappa shape index (κ1) is 20.5. The molecule has 30 heavy (non-hydrogen) atoms. The maximum absolute atomic E-state index is 12.3. The molecule has 2 aromatic carbocycles. The second-order valence-corrected chi connectivity index (χ2v) is 6.56. The number of aromatic nitrogens is 1. The van der Waals surface area contributed by atoms with Crippen LogP contribution in [0.2, 0.25) is 0 Å². The van der Waals surface area contributed by atoms with Crippen LogP contribution in [0.1, 0.15) is 29.2 Å². The van der Waals surface area contributed by atoms with E-state index in [2.05, 4.69) is 10.3 Å². The average Bonchev–Trinajstić information content (AvgIpc) is 2.78. The van der Waals surface area contributed by atoms with Gasteiger partial charge in [-0.05, 0) is 41.5 Å². The highest BCUT2D eigenvalue weighted by molar-refractivity contribution is 5.92. The highest BCUT2D eigenvalue weighted by Crippen LogP contribution is 2.22. The Morgan fingerprint density at radius 2 is 1.80 bits per heavy atom. The summed E-state index contributed by atoms with van der Waals surface area (Å²) in [5.74, 6) is -1.41. The predicted molar refractivity (Wildman–Crippen MR) is 113 cm³/mol. The summed E-state index contributed by atoms with van der Waals surface area (Å²) in [6, 6.07) is 21.1. The van der Waals surface area contributed by atoms with Crippen molar-refractivity contribution < 1.29 is 14.7 Å².